The van der Waals surface area contributed by atoms with Crippen molar-refractivity contribution in [2.45, 2.75) is 6.92 Å². The fourth-order valence-electron chi connectivity index (χ4n) is 2.82. The number of allylic oxidation sites excluding steroid dienone is 1. The minimum absolute atomic E-state index is 0.361. The van der Waals surface area contributed by atoms with E-state index in [1.54, 1.807) is 6.08 Å². The summed E-state index contributed by atoms with van der Waals surface area (Å²) in [6.45, 7) is 2.01. The summed E-state index contributed by atoms with van der Waals surface area (Å²) < 4.78 is 0. The van der Waals surface area contributed by atoms with Crippen molar-refractivity contribution in [3.63, 3.8) is 0 Å². The van der Waals surface area contributed by atoms with Crippen LogP contribution < -0.4 is 0 Å². The molecule has 2 aromatic carbocycles. The van der Waals surface area contributed by atoms with Crippen LogP contribution in [-0.4, -0.2) is 9.97 Å². The fourth-order valence-corrected chi connectivity index (χ4v) is 3.94. The van der Waals surface area contributed by atoms with Crippen molar-refractivity contribution in [3.05, 3.63) is 80.2 Å². The molecular weight excluding hydrogens is 409 g/mol. The van der Waals surface area contributed by atoms with Crippen molar-refractivity contribution in [2.75, 3.05) is 0 Å². The molecule has 4 rings (SSSR count). The SMILES string of the molecule is Cc1ccc2cc(/C=C(/C#N)c3nc(-c4ccc(Cl)cc4)cs3)c(Cl)nc2c1. The van der Waals surface area contributed by atoms with Crippen molar-refractivity contribution in [2.24, 2.45) is 0 Å². The minimum atomic E-state index is 0.361. The normalized spacial score (nSPS) is 11.6. The van der Waals surface area contributed by atoms with E-state index in [9.17, 15) is 5.26 Å². The second-order valence-electron chi connectivity index (χ2n) is 6.28. The van der Waals surface area contributed by atoms with Gasteiger partial charge >= 0.3 is 0 Å². The van der Waals surface area contributed by atoms with Crippen LogP contribution in [0.1, 0.15) is 16.1 Å². The molecule has 6 heteroatoms. The molecule has 0 radical (unpaired) electrons. The Labute approximate surface area is 176 Å². The third-order valence-electron chi connectivity index (χ3n) is 4.25. The van der Waals surface area contributed by atoms with E-state index in [0.717, 1.165) is 27.7 Å². The molecule has 0 fully saturated rings. The number of benzene rings is 2. The van der Waals surface area contributed by atoms with Crippen LogP contribution in [0.15, 0.2) is 53.9 Å². The van der Waals surface area contributed by atoms with Gasteiger partial charge in [-0.05, 0) is 42.8 Å². The predicted octanol–water partition coefficient (Wildman–Crippen LogP) is 7.04. The number of thiazole rings is 1. The molecule has 0 aliphatic rings. The summed E-state index contributed by atoms with van der Waals surface area (Å²) in [5, 5.41) is 14.2. The Balaban J connectivity index is 1.73. The first kappa shape index (κ1) is 18.6. The van der Waals surface area contributed by atoms with Gasteiger partial charge < -0.3 is 0 Å². The van der Waals surface area contributed by atoms with Gasteiger partial charge in [-0.2, -0.15) is 5.26 Å². The van der Waals surface area contributed by atoms with E-state index in [0.29, 0.717) is 26.3 Å². The molecule has 0 atom stereocenters. The van der Waals surface area contributed by atoms with Gasteiger partial charge in [0.1, 0.15) is 16.2 Å². The van der Waals surface area contributed by atoms with E-state index in [-0.39, 0.29) is 0 Å². The van der Waals surface area contributed by atoms with Crippen molar-refractivity contribution >= 4 is 57.1 Å². The number of nitrogens with zero attached hydrogens (tertiary/aromatic N) is 3. The molecule has 0 spiro atoms. The van der Waals surface area contributed by atoms with E-state index >= 15 is 0 Å². The molecule has 0 N–H and O–H groups in total. The van der Waals surface area contributed by atoms with E-state index < -0.39 is 0 Å². The third-order valence-corrected chi connectivity index (χ3v) is 5.68. The van der Waals surface area contributed by atoms with Gasteiger partial charge in [-0.25, -0.2) is 9.97 Å². The molecule has 0 aliphatic heterocycles. The molecule has 0 unspecified atom stereocenters. The molecule has 0 saturated heterocycles. The summed E-state index contributed by atoms with van der Waals surface area (Å²) in [6, 6.07) is 17.6. The van der Waals surface area contributed by atoms with Crippen LogP contribution >= 0.6 is 34.5 Å². The number of nitriles is 1. The number of halogens is 2. The first-order valence-electron chi connectivity index (χ1n) is 8.44. The van der Waals surface area contributed by atoms with Crippen LogP contribution in [0.25, 0.3) is 33.8 Å². The summed E-state index contributed by atoms with van der Waals surface area (Å²) in [6.07, 6.45) is 1.74. The second-order valence-corrected chi connectivity index (χ2v) is 7.93. The average Bonchev–Trinajstić information content (AvgIpc) is 3.17. The van der Waals surface area contributed by atoms with Crippen molar-refractivity contribution < 1.29 is 0 Å². The topological polar surface area (TPSA) is 49.6 Å². The first-order valence-corrected chi connectivity index (χ1v) is 10.1. The van der Waals surface area contributed by atoms with Crippen LogP contribution in [-0.2, 0) is 0 Å². The summed E-state index contributed by atoms with van der Waals surface area (Å²) in [4.78, 5) is 9.06. The van der Waals surface area contributed by atoms with Gasteiger partial charge in [-0.1, -0.05) is 47.5 Å². The second kappa shape index (κ2) is 7.73. The predicted molar refractivity (Wildman–Crippen MR) is 118 cm³/mol. The Morgan fingerprint density at radius 2 is 1.86 bits per heavy atom. The highest BCUT2D eigenvalue weighted by atomic mass is 35.5. The fraction of sp³-hybridized carbons (Fsp3) is 0.0455. The average molecular weight is 422 g/mol. The Morgan fingerprint density at radius 3 is 2.61 bits per heavy atom. The number of pyridine rings is 1. The molecule has 0 aliphatic carbocycles. The number of rotatable bonds is 3. The maximum absolute atomic E-state index is 9.66. The van der Waals surface area contributed by atoms with Gasteiger partial charge in [-0.15, -0.1) is 11.3 Å². The minimum Gasteiger partial charge on any atom is -0.235 e. The van der Waals surface area contributed by atoms with E-state index in [1.807, 2.05) is 60.8 Å². The molecule has 0 amide bonds. The number of aromatic nitrogens is 2. The molecule has 2 heterocycles. The lowest BCUT2D eigenvalue weighted by Gasteiger charge is -2.04. The van der Waals surface area contributed by atoms with Crippen molar-refractivity contribution in [3.8, 4) is 17.3 Å². The Hall–Kier alpha value is -2.71. The zero-order valence-corrected chi connectivity index (χ0v) is 17.1. The number of aryl methyl sites for hydroxylation is 1. The number of hydrogen-bond donors (Lipinski definition) is 0. The van der Waals surface area contributed by atoms with Gasteiger partial charge in [0.05, 0.1) is 16.8 Å². The molecule has 0 bridgehead atoms. The van der Waals surface area contributed by atoms with Crippen molar-refractivity contribution in [1.82, 2.24) is 9.97 Å². The van der Waals surface area contributed by atoms with Crippen LogP contribution in [0.4, 0.5) is 0 Å². The van der Waals surface area contributed by atoms with Crippen LogP contribution in [0.3, 0.4) is 0 Å². The molecule has 28 heavy (non-hydrogen) atoms. The molecule has 4 aromatic rings. The molecule has 0 saturated carbocycles. The van der Waals surface area contributed by atoms with Gasteiger partial charge in [0.25, 0.3) is 0 Å². The lowest BCUT2D eigenvalue weighted by Crippen LogP contribution is -1.88. The first-order chi connectivity index (χ1) is 13.5. The maximum Gasteiger partial charge on any atom is 0.137 e. The lowest BCUT2D eigenvalue weighted by atomic mass is 10.1. The van der Waals surface area contributed by atoms with Gasteiger partial charge in [0, 0.05) is 26.9 Å². The van der Waals surface area contributed by atoms with E-state index in [1.165, 1.54) is 11.3 Å². The van der Waals surface area contributed by atoms with E-state index in [2.05, 4.69) is 16.0 Å². The summed E-state index contributed by atoms with van der Waals surface area (Å²) >= 11 is 13.7. The van der Waals surface area contributed by atoms with Gasteiger partial charge in [-0.3, -0.25) is 0 Å². The molecular formula is C22H13Cl2N3S. The van der Waals surface area contributed by atoms with Crippen LogP contribution in [0.5, 0.6) is 0 Å². The Bertz CT molecular complexity index is 1250. The number of hydrogen-bond acceptors (Lipinski definition) is 4. The molecule has 3 nitrogen and oxygen atoms in total. The highest BCUT2D eigenvalue weighted by molar-refractivity contribution is 7.11. The van der Waals surface area contributed by atoms with Crippen LogP contribution in [0, 0.1) is 18.3 Å². The standard InChI is InChI=1S/C22H13Cl2N3S/c1-13-2-3-15-9-16(21(24)26-19(15)8-13)10-17(11-25)22-27-20(12-28-22)14-4-6-18(23)7-5-14/h2-10,12H,1H3/b17-10-. The molecule has 136 valence electrons. The maximum atomic E-state index is 9.66. The van der Waals surface area contributed by atoms with Crippen LogP contribution in [0.2, 0.25) is 10.2 Å². The zero-order valence-electron chi connectivity index (χ0n) is 14.8. The van der Waals surface area contributed by atoms with Gasteiger partial charge in [0.15, 0.2) is 0 Å². The third kappa shape index (κ3) is 3.79. The zero-order chi connectivity index (χ0) is 19.7. The summed E-state index contributed by atoms with van der Waals surface area (Å²) in [7, 11) is 0. The quantitative estimate of drug-likeness (QED) is 0.263. The smallest absolute Gasteiger partial charge is 0.137 e. The summed E-state index contributed by atoms with van der Waals surface area (Å²) in [5.74, 6) is 0. The van der Waals surface area contributed by atoms with Gasteiger partial charge in [0.2, 0.25) is 0 Å². The van der Waals surface area contributed by atoms with Crippen molar-refractivity contribution in [1.29, 1.82) is 5.26 Å². The summed E-state index contributed by atoms with van der Waals surface area (Å²) in [5.41, 5.74) is 4.84. The highest BCUT2D eigenvalue weighted by Gasteiger charge is 2.11. The highest BCUT2D eigenvalue weighted by Crippen LogP contribution is 2.30. The van der Waals surface area contributed by atoms with E-state index in [4.69, 9.17) is 23.2 Å². The monoisotopic (exact) mass is 421 g/mol. The Kier molecular flexibility index (Phi) is 5.15. The Morgan fingerprint density at radius 1 is 1.07 bits per heavy atom. The molecule has 2 aromatic heterocycles. The largest absolute Gasteiger partial charge is 0.235 e. The number of fused-ring (bicyclic) bond motifs is 1. The lowest BCUT2D eigenvalue weighted by molar-refractivity contribution is 1.36.